The molecule has 0 aliphatic carbocycles. The zero-order valence-corrected chi connectivity index (χ0v) is 21.5. The Balaban J connectivity index is 1.63. The highest BCUT2D eigenvalue weighted by molar-refractivity contribution is 5.99. The van der Waals surface area contributed by atoms with Crippen molar-refractivity contribution in [1.29, 1.82) is 0 Å². The predicted molar refractivity (Wildman–Crippen MR) is 136 cm³/mol. The number of fused-ring (bicyclic) bond motifs is 2. The monoisotopic (exact) mass is 508 g/mol. The number of likely N-dealkylation sites (tertiary alicyclic amines) is 1. The summed E-state index contributed by atoms with van der Waals surface area (Å²) < 4.78 is 12.6. The van der Waals surface area contributed by atoms with Gasteiger partial charge in [-0.3, -0.25) is 14.4 Å². The van der Waals surface area contributed by atoms with Gasteiger partial charge in [0.05, 0.1) is 25.2 Å². The third-order valence-corrected chi connectivity index (χ3v) is 8.36. The molecule has 4 heterocycles. The van der Waals surface area contributed by atoms with Crippen LogP contribution < -0.4 is 0 Å². The highest BCUT2D eigenvalue weighted by Crippen LogP contribution is 2.58. The molecule has 198 valence electrons. The molecule has 8 heteroatoms. The third-order valence-electron chi connectivity index (χ3n) is 8.36. The van der Waals surface area contributed by atoms with E-state index in [-0.39, 0.29) is 25.0 Å². The smallest absolute Gasteiger partial charge is 0.313 e. The quantitative estimate of drug-likeness (QED) is 0.485. The van der Waals surface area contributed by atoms with E-state index in [0.29, 0.717) is 19.5 Å². The summed E-state index contributed by atoms with van der Waals surface area (Å²) in [6, 6.07) is 8.07. The van der Waals surface area contributed by atoms with Gasteiger partial charge in [-0.05, 0) is 38.2 Å². The van der Waals surface area contributed by atoms with Crippen molar-refractivity contribution in [3.63, 3.8) is 0 Å². The van der Waals surface area contributed by atoms with Crippen molar-refractivity contribution < 1.29 is 29.0 Å². The second-order valence-electron chi connectivity index (χ2n) is 10.6. The number of benzene rings is 1. The lowest BCUT2D eigenvalue weighted by Crippen LogP contribution is -2.58. The minimum Gasteiger partial charge on any atom is -0.465 e. The Labute approximate surface area is 217 Å². The standard InChI is InChI=1S/C29H36N2O6/c1-3-28-14-9-4-5-10-17-36-27(35)23(28)22-25(33)31(20(2)19-32)24-26(34)30(16-11-15-29(22,24)37-28)18-21-12-7-6-8-13-21/h6-9,11-15,20,22-24,32H,3-5,10,16-19H2,1-2H3/b14-9-/t20-,22+,23-,24?,28+,29+/m1/s1. The van der Waals surface area contributed by atoms with Gasteiger partial charge in [-0.15, -0.1) is 0 Å². The van der Waals surface area contributed by atoms with Crippen LogP contribution in [0.3, 0.4) is 0 Å². The largest absolute Gasteiger partial charge is 0.465 e. The molecule has 0 saturated carbocycles. The van der Waals surface area contributed by atoms with Crippen LogP contribution in [0.2, 0.25) is 0 Å². The number of aliphatic hydroxyl groups is 1. The van der Waals surface area contributed by atoms with Crippen LogP contribution in [-0.4, -0.2) is 75.7 Å². The number of amides is 2. The molecule has 8 nitrogen and oxygen atoms in total. The van der Waals surface area contributed by atoms with Crippen LogP contribution in [0.25, 0.3) is 0 Å². The second-order valence-corrected chi connectivity index (χ2v) is 10.6. The van der Waals surface area contributed by atoms with E-state index in [0.717, 1.165) is 24.8 Å². The Bertz CT molecular complexity index is 1100. The van der Waals surface area contributed by atoms with E-state index >= 15 is 0 Å². The molecule has 1 aromatic carbocycles. The zero-order chi connectivity index (χ0) is 26.2. The minimum absolute atomic E-state index is 0.252. The lowest BCUT2D eigenvalue weighted by Gasteiger charge is -2.40. The average Bonchev–Trinajstić information content (AvgIpc) is 3.28. The summed E-state index contributed by atoms with van der Waals surface area (Å²) in [6.07, 6.45) is 10.6. The van der Waals surface area contributed by atoms with Gasteiger partial charge in [0, 0.05) is 13.1 Å². The number of aliphatic hydroxyl groups excluding tert-OH is 1. The van der Waals surface area contributed by atoms with Gasteiger partial charge >= 0.3 is 5.97 Å². The van der Waals surface area contributed by atoms with Crippen LogP contribution in [0.4, 0.5) is 0 Å². The molecule has 1 spiro atoms. The summed E-state index contributed by atoms with van der Waals surface area (Å²) in [5.41, 5.74) is -1.44. The van der Waals surface area contributed by atoms with Gasteiger partial charge < -0.3 is 24.4 Å². The number of carbonyl (C=O) groups is 3. The molecule has 0 bridgehead atoms. The van der Waals surface area contributed by atoms with Crippen LogP contribution in [0.15, 0.2) is 54.6 Å². The average molecular weight is 509 g/mol. The van der Waals surface area contributed by atoms with E-state index in [9.17, 15) is 19.5 Å². The normalized spacial score (nSPS) is 35.3. The fourth-order valence-electron chi connectivity index (χ4n) is 6.53. The van der Waals surface area contributed by atoms with E-state index < -0.39 is 41.1 Å². The molecule has 6 atom stereocenters. The van der Waals surface area contributed by atoms with Gasteiger partial charge in [0.25, 0.3) is 0 Å². The highest BCUT2D eigenvalue weighted by atomic mass is 16.6. The van der Waals surface area contributed by atoms with Crippen molar-refractivity contribution in [3.8, 4) is 0 Å². The number of hydrogen-bond donors (Lipinski definition) is 1. The Morgan fingerprint density at radius 1 is 1.05 bits per heavy atom. The first kappa shape index (κ1) is 25.7. The second kappa shape index (κ2) is 10.1. The van der Waals surface area contributed by atoms with Crippen molar-refractivity contribution in [2.75, 3.05) is 19.8 Å². The lowest BCUT2D eigenvalue weighted by molar-refractivity contribution is -0.163. The molecule has 0 radical (unpaired) electrons. The van der Waals surface area contributed by atoms with Gasteiger partial charge in [-0.2, -0.15) is 0 Å². The molecule has 37 heavy (non-hydrogen) atoms. The molecule has 4 aliphatic heterocycles. The fraction of sp³-hybridized carbons (Fsp3) is 0.552. The summed E-state index contributed by atoms with van der Waals surface area (Å²) in [4.78, 5) is 45.2. The third kappa shape index (κ3) is 4.10. The molecule has 2 saturated heterocycles. The van der Waals surface area contributed by atoms with Crippen LogP contribution in [0, 0.1) is 11.8 Å². The fourth-order valence-corrected chi connectivity index (χ4v) is 6.53. The molecule has 2 amide bonds. The van der Waals surface area contributed by atoms with Crippen LogP contribution in [0.1, 0.15) is 45.1 Å². The molecule has 1 N–H and O–H groups in total. The number of ether oxygens (including phenoxy) is 2. The summed E-state index contributed by atoms with van der Waals surface area (Å²) in [5, 5.41) is 10.1. The number of esters is 1. The Kier molecular flexibility index (Phi) is 6.98. The van der Waals surface area contributed by atoms with Crippen LogP contribution in [0.5, 0.6) is 0 Å². The van der Waals surface area contributed by atoms with Crippen molar-refractivity contribution in [2.45, 2.75) is 69.4 Å². The number of carbonyl (C=O) groups excluding carboxylic acids is 3. The van der Waals surface area contributed by atoms with E-state index in [1.54, 1.807) is 11.8 Å². The van der Waals surface area contributed by atoms with Crippen LogP contribution >= 0.6 is 0 Å². The Morgan fingerprint density at radius 2 is 1.84 bits per heavy atom. The van der Waals surface area contributed by atoms with E-state index in [1.165, 1.54) is 4.90 Å². The topological polar surface area (TPSA) is 96.4 Å². The zero-order valence-electron chi connectivity index (χ0n) is 21.5. The minimum atomic E-state index is -1.35. The van der Waals surface area contributed by atoms with Gasteiger partial charge in [0.2, 0.25) is 11.8 Å². The van der Waals surface area contributed by atoms with Gasteiger partial charge in [0.15, 0.2) is 0 Å². The Morgan fingerprint density at radius 3 is 2.57 bits per heavy atom. The number of hydrogen-bond acceptors (Lipinski definition) is 6. The first-order chi connectivity index (χ1) is 17.9. The lowest BCUT2D eigenvalue weighted by atomic mass is 9.73. The number of cyclic esters (lactones) is 1. The number of allylic oxidation sites excluding steroid dienone is 1. The highest BCUT2D eigenvalue weighted by Gasteiger charge is 2.75. The van der Waals surface area contributed by atoms with Gasteiger partial charge in [0.1, 0.15) is 23.2 Å². The molecular formula is C29H36N2O6. The van der Waals surface area contributed by atoms with Crippen molar-refractivity contribution in [3.05, 3.63) is 60.2 Å². The maximum absolute atomic E-state index is 14.3. The molecule has 2 fully saturated rings. The molecule has 5 rings (SSSR count). The van der Waals surface area contributed by atoms with Gasteiger partial charge in [-0.25, -0.2) is 0 Å². The summed E-state index contributed by atoms with van der Waals surface area (Å²) in [6.45, 7) is 4.36. The molecule has 0 aromatic heterocycles. The van der Waals surface area contributed by atoms with Crippen molar-refractivity contribution in [2.24, 2.45) is 11.8 Å². The summed E-state index contributed by atoms with van der Waals surface area (Å²) in [5.74, 6) is -2.89. The Hall–Kier alpha value is -2.97. The van der Waals surface area contributed by atoms with Gasteiger partial charge in [-0.1, -0.05) is 61.6 Å². The van der Waals surface area contributed by atoms with E-state index in [2.05, 4.69) is 0 Å². The van der Waals surface area contributed by atoms with Crippen molar-refractivity contribution in [1.82, 2.24) is 9.80 Å². The molecular weight excluding hydrogens is 472 g/mol. The summed E-state index contributed by atoms with van der Waals surface area (Å²) in [7, 11) is 0. The molecule has 1 aromatic rings. The summed E-state index contributed by atoms with van der Waals surface area (Å²) >= 11 is 0. The number of rotatable bonds is 5. The van der Waals surface area contributed by atoms with E-state index in [4.69, 9.17) is 9.47 Å². The maximum atomic E-state index is 14.3. The first-order valence-corrected chi connectivity index (χ1v) is 13.4. The SMILES string of the molecule is CC[C@]12/C=C\CCCCOC(=O)[C@H]1[C@H]1C(=O)N([C@H](C)CO)C3C(=O)N(Cc4ccccc4)CC=C[C@@]31O2. The van der Waals surface area contributed by atoms with Crippen LogP contribution in [-0.2, 0) is 30.4 Å². The maximum Gasteiger partial charge on any atom is 0.313 e. The molecule has 4 aliphatic rings. The molecule has 1 unspecified atom stereocenters. The first-order valence-electron chi connectivity index (χ1n) is 13.4. The van der Waals surface area contributed by atoms with Crippen molar-refractivity contribution >= 4 is 17.8 Å². The van der Waals surface area contributed by atoms with E-state index in [1.807, 2.05) is 61.6 Å². The predicted octanol–water partition coefficient (Wildman–Crippen LogP) is 2.61. The number of nitrogens with zero attached hydrogens (tertiary/aromatic N) is 2.